The van der Waals surface area contributed by atoms with Gasteiger partial charge in [0, 0.05) is 31.2 Å². The van der Waals surface area contributed by atoms with Crippen LogP contribution >= 0.6 is 16.1 Å². The van der Waals surface area contributed by atoms with Crippen LogP contribution in [0.4, 0.5) is 0 Å². The van der Waals surface area contributed by atoms with Crippen LogP contribution in [0.1, 0.15) is 55.1 Å². The molecule has 1 fully saturated rings. The van der Waals surface area contributed by atoms with Gasteiger partial charge in [-0.25, -0.2) is 0 Å². The predicted octanol–water partition coefficient (Wildman–Crippen LogP) is 9.96. The SMILES string of the molecule is CCCCN(P(c1ccccc1)c1cccc2ccccc12)P1[C@H](c2ccccc2)CC[C@H]1c1ccccc1. The van der Waals surface area contributed by atoms with Crippen molar-refractivity contribution in [1.29, 1.82) is 0 Å². The molecule has 1 aliphatic heterocycles. The van der Waals surface area contributed by atoms with E-state index in [-0.39, 0.29) is 0 Å². The van der Waals surface area contributed by atoms with Gasteiger partial charge in [0.2, 0.25) is 0 Å². The summed E-state index contributed by atoms with van der Waals surface area (Å²) in [5, 5.41) is 5.71. The van der Waals surface area contributed by atoms with Gasteiger partial charge in [-0.05, 0) is 54.5 Å². The Hall–Kier alpha value is -2.82. The molecule has 1 nitrogen and oxygen atoms in total. The molecule has 0 radical (unpaired) electrons. The molecule has 0 N–H and O–H groups in total. The summed E-state index contributed by atoms with van der Waals surface area (Å²) in [6, 6.07) is 50.2. The maximum atomic E-state index is 3.04. The second kappa shape index (κ2) is 12.6. The van der Waals surface area contributed by atoms with E-state index in [9.17, 15) is 0 Å². The minimum Gasteiger partial charge on any atom is -0.251 e. The lowest BCUT2D eigenvalue weighted by Crippen LogP contribution is -2.28. The summed E-state index contributed by atoms with van der Waals surface area (Å²) in [4.78, 5) is 0. The fourth-order valence-electron chi connectivity index (χ4n) is 6.09. The highest BCUT2D eigenvalue weighted by Crippen LogP contribution is 2.76. The summed E-state index contributed by atoms with van der Waals surface area (Å²) < 4.78 is 3.04. The van der Waals surface area contributed by atoms with Crippen molar-refractivity contribution in [2.45, 2.75) is 43.9 Å². The Kier molecular flexibility index (Phi) is 8.51. The number of fused-ring (bicyclic) bond motifs is 1. The first kappa shape index (κ1) is 26.4. The van der Waals surface area contributed by atoms with E-state index in [0.29, 0.717) is 11.3 Å². The molecule has 0 saturated carbocycles. The molecule has 196 valence electrons. The second-order valence-corrected chi connectivity index (χ2v) is 15.3. The molecule has 0 spiro atoms. The molecule has 0 aromatic heterocycles. The van der Waals surface area contributed by atoms with E-state index in [1.807, 2.05) is 0 Å². The number of unbranched alkanes of at least 4 members (excludes halogenated alkanes) is 1. The Balaban J connectivity index is 1.56. The van der Waals surface area contributed by atoms with Crippen molar-refractivity contribution in [3.8, 4) is 0 Å². The Morgan fingerprint density at radius 1 is 0.641 bits per heavy atom. The molecule has 3 heteroatoms. The van der Waals surface area contributed by atoms with Gasteiger partial charge in [-0.3, -0.25) is 4.44 Å². The topological polar surface area (TPSA) is 3.24 Å². The Bertz CT molecular complexity index is 1420. The molecular weight excluding hydrogens is 508 g/mol. The van der Waals surface area contributed by atoms with Gasteiger partial charge in [-0.1, -0.05) is 147 Å². The van der Waals surface area contributed by atoms with E-state index in [2.05, 4.69) is 145 Å². The lowest BCUT2D eigenvalue weighted by atomic mass is 10.0. The molecule has 0 bridgehead atoms. The fraction of sp³-hybridized carbons (Fsp3) is 0.222. The van der Waals surface area contributed by atoms with Crippen LogP contribution in [0.2, 0.25) is 0 Å². The standard InChI is InChI=1S/C36H37NP2/c1-2-3-28-37(38(32-22-11-6-12-23-32)36-25-15-21-29-16-13-14-24-33(29)36)39-34(30-17-7-4-8-18-30)26-27-35(39)31-19-9-5-10-20-31/h4-25,34-35H,2-3,26-28H2,1H3/t34-,35-,38?/m0/s1. The quantitative estimate of drug-likeness (QED) is 0.167. The van der Waals surface area contributed by atoms with E-state index in [1.54, 1.807) is 0 Å². The summed E-state index contributed by atoms with van der Waals surface area (Å²) >= 11 is 0. The number of hydrogen-bond acceptors (Lipinski definition) is 1. The third kappa shape index (κ3) is 5.60. The molecule has 3 atom stereocenters. The van der Waals surface area contributed by atoms with Crippen molar-refractivity contribution >= 4 is 37.5 Å². The second-order valence-electron chi connectivity index (χ2n) is 10.4. The van der Waals surface area contributed by atoms with Crippen LogP contribution in [0.5, 0.6) is 0 Å². The van der Waals surface area contributed by atoms with Crippen molar-refractivity contribution in [2.24, 2.45) is 0 Å². The molecule has 1 unspecified atom stereocenters. The van der Waals surface area contributed by atoms with E-state index < -0.39 is 16.1 Å². The van der Waals surface area contributed by atoms with Gasteiger partial charge < -0.3 is 0 Å². The van der Waals surface area contributed by atoms with Gasteiger partial charge in [-0.2, -0.15) is 0 Å². The summed E-state index contributed by atoms with van der Waals surface area (Å²) in [7, 11) is -1.19. The molecule has 39 heavy (non-hydrogen) atoms. The van der Waals surface area contributed by atoms with Crippen LogP contribution in [-0.2, 0) is 0 Å². The monoisotopic (exact) mass is 545 g/mol. The van der Waals surface area contributed by atoms with Crippen LogP contribution in [0.25, 0.3) is 10.8 Å². The minimum atomic E-state index is -0.709. The fourth-order valence-corrected chi connectivity index (χ4v) is 13.7. The van der Waals surface area contributed by atoms with Crippen molar-refractivity contribution < 1.29 is 0 Å². The Labute approximate surface area is 236 Å². The largest absolute Gasteiger partial charge is 0.251 e. The van der Waals surface area contributed by atoms with E-state index in [0.717, 1.165) is 6.54 Å². The van der Waals surface area contributed by atoms with E-state index in [1.165, 1.54) is 58.2 Å². The summed E-state index contributed by atoms with van der Waals surface area (Å²) in [5.41, 5.74) is 4.19. The molecule has 5 aromatic carbocycles. The van der Waals surface area contributed by atoms with Gasteiger partial charge >= 0.3 is 0 Å². The zero-order chi connectivity index (χ0) is 26.4. The predicted molar refractivity (Wildman–Crippen MR) is 173 cm³/mol. The number of benzene rings is 5. The number of nitrogens with zero attached hydrogens (tertiary/aromatic N) is 1. The maximum Gasteiger partial charge on any atom is 0.0324 e. The first-order valence-electron chi connectivity index (χ1n) is 14.3. The van der Waals surface area contributed by atoms with Crippen LogP contribution in [0.15, 0.2) is 133 Å². The Morgan fingerprint density at radius 3 is 1.79 bits per heavy atom. The molecule has 0 amide bonds. The summed E-state index contributed by atoms with van der Waals surface area (Å²) in [6.45, 7) is 3.48. The van der Waals surface area contributed by atoms with Gasteiger partial charge in [0.25, 0.3) is 0 Å². The van der Waals surface area contributed by atoms with Crippen LogP contribution in [0.3, 0.4) is 0 Å². The molecular formula is C36H37NP2. The average molecular weight is 546 g/mol. The number of hydrogen-bond donors (Lipinski definition) is 0. The molecule has 0 aliphatic carbocycles. The van der Waals surface area contributed by atoms with Gasteiger partial charge in [0.15, 0.2) is 0 Å². The van der Waals surface area contributed by atoms with Gasteiger partial charge in [-0.15, -0.1) is 0 Å². The molecule has 1 heterocycles. The minimum absolute atomic E-state index is 0.479. The molecule has 1 saturated heterocycles. The van der Waals surface area contributed by atoms with Gasteiger partial charge in [0.1, 0.15) is 0 Å². The number of rotatable bonds is 9. The van der Waals surface area contributed by atoms with Crippen molar-refractivity contribution in [2.75, 3.05) is 6.54 Å². The molecule has 1 aliphatic rings. The first-order chi connectivity index (χ1) is 19.3. The highest BCUT2D eigenvalue weighted by Gasteiger charge is 2.44. The third-order valence-corrected chi connectivity index (χ3v) is 14.5. The highest BCUT2D eigenvalue weighted by molar-refractivity contribution is 7.80. The van der Waals surface area contributed by atoms with Crippen LogP contribution in [0, 0.1) is 0 Å². The smallest absolute Gasteiger partial charge is 0.0324 e. The molecule has 6 rings (SSSR count). The van der Waals surface area contributed by atoms with Gasteiger partial charge in [0.05, 0.1) is 0 Å². The zero-order valence-corrected chi connectivity index (χ0v) is 24.5. The third-order valence-electron chi connectivity index (χ3n) is 7.93. The van der Waals surface area contributed by atoms with Crippen LogP contribution in [-0.4, -0.2) is 11.0 Å². The van der Waals surface area contributed by atoms with Crippen LogP contribution < -0.4 is 10.6 Å². The summed E-state index contributed by atoms with van der Waals surface area (Å²) in [5.74, 6) is 0. The van der Waals surface area contributed by atoms with Crippen molar-refractivity contribution in [3.05, 3.63) is 145 Å². The lowest BCUT2D eigenvalue weighted by molar-refractivity contribution is 0.632. The normalized spacial score (nSPS) is 18.5. The lowest BCUT2D eigenvalue weighted by Gasteiger charge is -2.43. The highest BCUT2D eigenvalue weighted by atomic mass is 31.2. The van der Waals surface area contributed by atoms with E-state index in [4.69, 9.17) is 0 Å². The summed E-state index contributed by atoms with van der Waals surface area (Å²) in [6.07, 6.45) is 4.94. The van der Waals surface area contributed by atoms with E-state index >= 15 is 0 Å². The Morgan fingerprint density at radius 2 is 1.18 bits per heavy atom. The zero-order valence-electron chi connectivity index (χ0n) is 22.7. The van der Waals surface area contributed by atoms with Crippen molar-refractivity contribution in [3.63, 3.8) is 0 Å². The molecule has 5 aromatic rings. The maximum absolute atomic E-state index is 3.04. The average Bonchev–Trinajstić information content (AvgIpc) is 3.45. The van der Waals surface area contributed by atoms with Crippen molar-refractivity contribution in [1.82, 2.24) is 4.44 Å². The first-order valence-corrected chi connectivity index (χ1v) is 17.1.